The van der Waals surface area contributed by atoms with Gasteiger partial charge in [0, 0.05) is 3.92 Å². The Bertz CT molecular complexity index is 415. The summed E-state index contributed by atoms with van der Waals surface area (Å²) in [7, 11) is 0. The molecule has 0 bridgehead atoms. The van der Waals surface area contributed by atoms with Crippen molar-refractivity contribution in [3.05, 3.63) is 60.2 Å². The predicted molar refractivity (Wildman–Crippen MR) is 74.3 cm³/mol. The molecule has 2 aromatic carbocycles. The quantitative estimate of drug-likeness (QED) is 0.549. The van der Waals surface area contributed by atoms with Gasteiger partial charge in [-0.25, -0.2) is 0 Å². The first-order valence-electron chi connectivity index (χ1n) is 5.07. The van der Waals surface area contributed by atoms with Gasteiger partial charge in [-0.2, -0.15) is 0 Å². The lowest BCUT2D eigenvalue weighted by atomic mass is 10.0. The molecule has 0 aliphatic heterocycles. The molecule has 1 heteroatoms. The molecule has 0 saturated heterocycles. The Morgan fingerprint density at radius 1 is 0.800 bits per heavy atom. The minimum absolute atomic E-state index is 0.576. The second kappa shape index (κ2) is 4.79. The summed E-state index contributed by atoms with van der Waals surface area (Å²) in [5.74, 6) is 0. The molecular formula is C14H13I. The van der Waals surface area contributed by atoms with Gasteiger partial charge in [-0.15, -0.1) is 0 Å². The summed E-state index contributed by atoms with van der Waals surface area (Å²) in [5.41, 5.74) is 3.96. The highest BCUT2D eigenvalue weighted by Gasteiger charge is 2.00. The van der Waals surface area contributed by atoms with Crippen LogP contribution in [0.5, 0.6) is 0 Å². The van der Waals surface area contributed by atoms with Crippen LogP contribution in [0.4, 0.5) is 0 Å². The van der Waals surface area contributed by atoms with Gasteiger partial charge in [0.1, 0.15) is 0 Å². The Kier molecular flexibility index (Phi) is 3.41. The van der Waals surface area contributed by atoms with Gasteiger partial charge in [-0.1, -0.05) is 77.2 Å². The molecule has 0 saturated carbocycles. The molecule has 0 aliphatic carbocycles. The third-order valence-corrected chi connectivity index (χ3v) is 3.20. The lowest BCUT2D eigenvalue weighted by molar-refractivity contribution is 1.15. The van der Waals surface area contributed by atoms with Crippen LogP contribution in [0.2, 0.25) is 0 Å². The molecule has 1 atom stereocenters. The predicted octanol–water partition coefficient (Wildman–Crippen LogP) is 4.85. The van der Waals surface area contributed by atoms with Crippen LogP contribution >= 0.6 is 22.6 Å². The first-order chi connectivity index (χ1) is 7.27. The molecule has 0 amide bonds. The minimum Gasteiger partial charge on any atom is -0.0777 e. The van der Waals surface area contributed by atoms with Gasteiger partial charge in [0.15, 0.2) is 0 Å². The fraction of sp³-hybridized carbons (Fsp3) is 0.143. The molecule has 0 aliphatic rings. The standard InChI is InChI=1S/C14H13I/c1-11(15)12-7-9-14(10-8-12)13-5-3-2-4-6-13/h2-11H,1H3/t11-/m1/s1. The van der Waals surface area contributed by atoms with E-state index >= 15 is 0 Å². The average Bonchev–Trinajstić information content (AvgIpc) is 2.30. The van der Waals surface area contributed by atoms with Crippen molar-refractivity contribution in [1.82, 2.24) is 0 Å². The molecule has 0 heterocycles. The Morgan fingerprint density at radius 3 is 1.87 bits per heavy atom. The zero-order chi connectivity index (χ0) is 10.7. The Hall–Kier alpha value is -0.830. The molecule has 0 unspecified atom stereocenters. The number of benzene rings is 2. The highest BCUT2D eigenvalue weighted by molar-refractivity contribution is 14.1. The Labute approximate surface area is 104 Å². The van der Waals surface area contributed by atoms with Crippen LogP contribution in [0.25, 0.3) is 11.1 Å². The topological polar surface area (TPSA) is 0 Å². The Morgan fingerprint density at radius 2 is 1.33 bits per heavy atom. The first kappa shape index (κ1) is 10.7. The van der Waals surface area contributed by atoms with Crippen molar-refractivity contribution in [3.8, 4) is 11.1 Å². The number of halogens is 1. The van der Waals surface area contributed by atoms with E-state index in [0.29, 0.717) is 3.92 Å². The van der Waals surface area contributed by atoms with Gasteiger partial charge in [-0.05, 0) is 23.6 Å². The first-order valence-corrected chi connectivity index (χ1v) is 6.31. The molecule has 0 fully saturated rings. The summed E-state index contributed by atoms with van der Waals surface area (Å²) >= 11 is 2.43. The SMILES string of the molecule is C[C@@H](I)c1ccc(-c2ccccc2)cc1. The smallest absolute Gasteiger partial charge is 0.0331 e. The van der Waals surface area contributed by atoms with Gasteiger partial charge in [0.25, 0.3) is 0 Å². The van der Waals surface area contributed by atoms with Crippen LogP contribution in [0.15, 0.2) is 54.6 Å². The summed E-state index contributed by atoms with van der Waals surface area (Å²) in [6.07, 6.45) is 0. The molecule has 0 nitrogen and oxygen atoms in total. The van der Waals surface area contributed by atoms with E-state index in [1.165, 1.54) is 16.7 Å². The van der Waals surface area contributed by atoms with E-state index in [9.17, 15) is 0 Å². The highest BCUT2D eigenvalue weighted by Crippen LogP contribution is 2.25. The summed E-state index contributed by atoms with van der Waals surface area (Å²) in [5, 5.41) is 0. The highest BCUT2D eigenvalue weighted by atomic mass is 127. The molecule has 15 heavy (non-hydrogen) atoms. The van der Waals surface area contributed by atoms with Gasteiger partial charge in [0.05, 0.1) is 0 Å². The number of hydrogen-bond acceptors (Lipinski definition) is 0. The van der Waals surface area contributed by atoms with Crippen molar-refractivity contribution in [1.29, 1.82) is 0 Å². The van der Waals surface area contributed by atoms with Gasteiger partial charge in [0.2, 0.25) is 0 Å². The van der Waals surface area contributed by atoms with E-state index in [4.69, 9.17) is 0 Å². The molecule has 0 aromatic heterocycles. The fourth-order valence-corrected chi connectivity index (χ4v) is 1.99. The molecular weight excluding hydrogens is 295 g/mol. The zero-order valence-electron chi connectivity index (χ0n) is 8.65. The molecule has 2 aromatic rings. The minimum atomic E-state index is 0.576. The lowest BCUT2D eigenvalue weighted by Gasteiger charge is -2.05. The van der Waals surface area contributed by atoms with E-state index in [2.05, 4.69) is 78.0 Å². The van der Waals surface area contributed by atoms with Gasteiger partial charge in [-0.3, -0.25) is 0 Å². The third-order valence-electron chi connectivity index (χ3n) is 2.48. The summed E-state index contributed by atoms with van der Waals surface area (Å²) < 4.78 is 0.576. The van der Waals surface area contributed by atoms with Crippen LogP contribution in [0, 0.1) is 0 Å². The van der Waals surface area contributed by atoms with Crippen molar-refractivity contribution in [2.75, 3.05) is 0 Å². The van der Waals surface area contributed by atoms with Crippen LogP contribution in [0.3, 0.4) is 0 Å². The third kappa shape index (κ3) is 2.59. The van der Waals surface area contributed by atoms with Crippen LogP contribution < -0.4 is 0 Å². The maximum Gasteiger partial charge on any atom is 0.0331 e. The second-order valence-corrected chi connectivity index (χ2v) is 5.47. The van der Waals surface area contributed by atoms with Gasteiger partial charge >= 0.3 is 0 Å². The maximum atomic E-state index is 2.43. The molecule has 76 valence electrons. The van der Waals surface area contributed by atoms with Crippen LogP contribution in [0.1, 0.15) is 16.4 Å². The summed E-state index contributed by atoms with van der Waals surface area (Å²) in [6.45, 7) is 2.21. The average molecular weight is 308 g/mol. The lowest BCUT2D eigenvalue weighted by Crippen LogP contribution is -1.83. The van der Waals surface area contributed by atoms with Crippen molar-refractivity contribution in [2.24, 2.45) is 0 Å². The van der Waals surface area contributed by atoms with Crippen molar-refractivity contribution in [2.45, 2.75) is 10.8 Å². The largest absolute Gasteiger partial charge is 0.0777 e. The molecule has 0 radical (unpaired) electrons. The summed E-state index contributed by atoms with van der Waals surface area (Å²) in [6, 6.07) is 19.3. The van der Waals surface area contributed by atoms with Crippen molar-refractivity contribution in [3.63, 3.8) is 0 Å². The molecule has 0 N–H and O–H groups in total. The summed E-state index contributed by atoms with van der Waals surface area (Å²) in [4.78, 5) is 0. The normalized spacial score (nSPS) is 12.4. The maximum absolute atomic E-state index is 2.43. The van der Waals surface area contributed by atoms with E-state index in [-0.39, 0.29) is 0 Å². The number of rotatable bonds is 2. The van der Waals surface area contributed by atoms with E-state index < -0.39 is 0 Å². The van der Waals surface area contributed by atoms with Crippen molar-refractivity contribution < 1.29 is 0 Å². The van der Waals surface area contributed by atoms with Crippen LogP contribution in [-0.2, 0) is 0 Å². The fourth-order valence-electron chi connectivity index (χ4n) is 1.57. The number of hydrogen-bond donors (Lipinski definition) is 0. The van der Waals surface area contributed by atoms with Gasteiger partial charge < -0.3 is 0 Å². The van der Waals surface area contributed by atoms with Crippen molar-refractivity contribution >= 4 is 22.6 Å². The van der Waals surface area contributed by atoms with E-state index in [1.807, 2.05) is 6.07 Å². The Balaban J connectivity index is 2.32. The second-order valence-electron chi connectivity index (χ2n) is 3.60. The monoisotopic (exact) mass is 308 g/mol. The molecule has 2 rings (SSSR count). The van der Waals surface area contributed by atoms with E-state index in [0.717, 1.165) is 0 Å². The number of alkyl halides is 1. The molecule has 0 spiro atoms. The zero-order valence-corrected chi connectivity index (χ0v) is 10.8. The van der Waals surface area contributed by atoms with E-state index in [1.54, 1.807) is 0 Å². The van der Waals surface area contributed by atoms with Crippen LogP contribution in [-0.4, -0.2) is 0 Å².